The second-order valence-electron chi connectivity index (χ2n) is 4.89. The van der Waals surface area contributed by atoms with Crippen LogP contribution in [0.15, 0.2) is 6.07 Å². The molecule has 0 aliphatic carbocycles. The molecule has 1 fully saturated rings. The van der Waals surface area contributed by atoms with Crippen LogP contribution in [0.3, 0.4) is 0 Å². The summed E-state index contributed by atoms with van der Waals surface area (Å²) in [7, 11) is 0. The summed E-state index contributed by atoms with van der Waals surface area (Å²) >= 11 is 1.23. The van der Waals surface area contributed by atoms with Crippen LogP contribution in [0, 0.1) is 12.8 Å². The predicted molar refractivity (Wildman–Crippen MR) is 77.2 cm³/mol. The molecule has 0 saturated carbocycles. The Morgan fingerprint density at radius 2 is 2.30 bits per heavy atom. The fraction of sp³-hybridized carbons (Fsp3) is 0.571. The summed E-state index contributed by atoms with van der Waals surface area (Å²) < 4.78 is 10.4. The van der Waals surface area contributed by atoms with Crippen LogP contribution in [-0.2, 0) is 14.3 Å². The quantitative estimate of drug-likeness (QED) is 0.868. The third-order valence-corrected chi connectivity index (χ3v) is 4.40. The zero-order valence-corrected chi connectivity index (χ0v) is 12.7. The molecule has 2 atom stereocenters. The first-order valence-corrected chi connectivity index (χ1v) is 7.54. The molecule has 1 aliphatic rings. The summed E-state index contributed by atoms with van der Waals surface area (Å²) in [6, 6.07) is 1.79. The molecule has 1 amide bonds. The molecule has 0 radical (unpaired) electrons. The standard InChI is InChI=1S/C14H19NO4S/c1-4-18-14(17)12-9(3)7-10(20-12)15-13(16)11-8(2)5-6-19-11/h7-8,11H,4-6H2,1-3H3,(H,15,16). The lowest BCUT2D eigenvalue weighted by Gasteiger charge is -2.13. The number of carbonyl (C=O) groups excluding carboxylic acids is 2. The van der Waals surface area contributed by atoms with Crippen LogP contribution in [0.2, 0.25) is 0 Å². The molecular formula is C14H19NO4S. The van der Waals surface area contributed by atoms with Gasteiger partial charge in [0.2, 0.25) is 0 Å². The maximum atomic E-state index is 12.1. The molecule has 1 aromatic rings. The molecule has 1 aliphatic heterocycles. The van der Waals surface area contributed by atoms with Gasteiger partial charge < -0.3 is 14.8 Å². The summed E-state index contributed by atoms with van der Waals surface area (Å²) in [6.45, 7) is 6.55. The van der Waals surface area contributed by atoms with E-state index in [1.807, 2.05) is 13.8 Å². The molecule has 1 N–H and O–H groups in total. The lowest BCUT2D eigenvalue weighted by Crippen LogP contribution is -2.30. The molecule has 110 valence electrons. The summed E-state index contributed by atoms with van der Waals surface area (Å²) in [4.78, 5) is 24.3. The van der Waals surface area contributed by atoms with E-state index >= 15 is 0 Å². The average Bonchev–Trinajstić information content (AvgIpc) is 2.96. The van der Waals surface area contributed by atoms with E-state index in [0.717, 1.165) is 12.0 Å². The maximum Gasteiger partial charge on any atom is 0.348 e. The molecular weight excluding hydrogens is 278 g/mol. The number of anilines is 1. The van der Waals surface area contributed by atoms with Crippen LogP contribution in [0.4, 0.5) is 5.00 Å². The smallest absolute Gasteiger partial charge is 0.348 e. The Morgan fingerprint density at radius 3 is 2.90 bits per heavy atom. The Bertz CT molecular complexity index is 511. The van der Waals surface area contributed by atoms with Crippen LogP contribution in [0.25, 0.3) is 0 Å². The molecule has 5 nitrogen and oxygen atoms in total. The zero-order valence-electron chi connectivity index (χ0n) is 11.9. The fourth-order valence-corrected chi connectivity index (χ4v) is 3.14. The van der Waals surface area contributed by atoms with E-state index in [0.29, 0.717) is 23.1 Å². The van der Waals surface area contributed by atoms with E-state index in [1.54, 1.807) is 13.0 Å². The number of nitrogens with one attached hydrogen (secondary N) is 1. The largest absolute Gasteiger partial charge is 0.462 e. The predicted octanol–water partition coefficient (Wildman–Crippen LogP) is 2.60. The van der Waals surface area contributed by atoms with Gasteiger partial charge in [-0.2, -0.15) is 0 Å². The van der Waals surface area contributed by atoms with Crippen molar-refractivity contribution in [1.82, 2.24) is 0 Å². The van der Waals surface area contributed by atoms with E-state index in [1.165, 1.54) is 11.3 Å². The van der Waals surface area contributed by atoms with Gasteiger partial charge in [-0.1, -0.05) is 6.92 Å². The molecule has 2 rings (SSSR count). The average molecular weight is 297 g/mol. The van der Waals surface area contributed by atoms with Gasteiger partial charge in [-0.3, -0.25) is 4.79 Å². The van der Waals surface area contributed by atoms with Crippen molar-refractivity contribution in [3.8, 4) is 0 Å². The van der Waals surface area contributed by atoms with Gasteiger partial charge in [0.15, 0.2) is 0 Å². The van der Waals surface area contributed by atoms with Crippen molar-refractivity contribution in [3.63, 3.8) is 0 Å². The number of thiophene rings is 1. The van der Waals surface area contributed by atoms with Crippen molar-refractivity contribution < 1.29 is 19.1 Å². The van der Waals surface area contributed by atoms with Crippen LogP contribution in [0.1, 0.15) is 35.5 Å². The van der Waals surface area contributed by atoms with E-state index < -0.39 is 6.10 Å². The van der Waals surface area contributed by atoms with Crippen molar-refractivity contribution in [2.24, 2.45) is 5.92 Å². The third kappa shape index (κ3) is 3.19. The van der Waals surface area contributed by atoms with Gasteiger partial charge in [-0.15, -0.1) is 11.3 Å². The number of rotatable bonds is 4. The minimum absolute atomic E-state index is 0.147. The highest BCUT2D eigenvalue weighted by Crippen LogP contribution is 2.29. The van der Waals surface area contributed by atoms with E-state index in [4.69, 9.17) is 9.47 Å². The highest BCUT2D eigenvalue weighted by Gasteiger charge is 2.31. The number of esters is 1. The van der Waals surface area contributed by atoms with Gasteiger partial charge in [-0.25, -0.2) is 4.79 Å². The first kappa shape index (κ1) is 15.0. The molecule has 2 unspecified atom stereocenters. The number of hydrogen-bond donors (Lipinski definition) is 1. The van der Waals surface area contributed by atoms with Crippen LogP contribution in [0.5, 0.6) is 0 Å². The van der Waals surface area contributed by atoms with E-state index in [9.17, 15) is 9.59 Å². The molecule has 20 heavy (non-hydrogen) atoms. The second kappa shape index (κ2) is 6.37. The normalized spacial score (nSPS) is 21.8. The van der Waals surface area contributed by atoms with Crippen molar-refractivity contribution in [1.29, 1.82) is 0 Å². The summed E-state index contributed by atoms with van der Waals surface area (Å²) in [5, 5.41) is 3.47. The Labute approximate surface area is 122 Å². The van der Waals surface area contributed by atoms with Gasteiger partial charge in [0.05, 0.1) is 11.6 Å². The minimum atomic E-state index is -0.400. The molecule has 1 saturated heterocycles. The van der Waals surface area contributed by atoms with Gasteiger partial charge in [0.1, 0.15) is 11.0 Å². The van der Waals surface area contributed by atoms with Crippen molar-refractivity contribution >= 4 is 28.2 Å². The topological polar surface area (TPSA) is 64.6 Å². The van der Waals surface area contributed by atoms with Crippen molar-refractivity contribution in [3.05, 3.63) is 16.5 Å². The molecule has 6 heteroatoms. The minimum Gasteiger partial charge on any atom is -0.462 e. The Hall–Kier alpha value is -1.40. The summed E-state index contributed by atoms with van der Waals surface area (Å²) in [5.41, 5.74) is 0.809. The molecule has 1 aromatic heterocycles. The number of aryl methyl sites for hydroxylation is 1. The first-order chi connectivity index (χ1) is 9.52. The zero-order chi connectivity index (χ0) is 14.7. The fourth-order valence-electron chi connectivity index (χ4n) is 2.17. The molecule has 2 heterocycles. The third-order valence-electron chi connectivity index (χ3n) is 3.27. The number of ether oxygens (including phenoxy) is 2. The van der Waals surface area contributed by atoms with Gasteiger partial charge in [-0.05, 0) is 37.8 Å². The number of carbonyl (C=O) groups is 2. The second-order valence-corrected chi connectivity index (χ2v) is 5.94. The first-order valence-electron chi connectivity index (χ1n) is 6.73. The van der Waals surface area contributed by atoms with Crippen LogP contribution >= 0.6 is 11.3 Å². The maximum absolute atomic E-state index is 12.1. The molecule has 0 aromatic carbocycles. The lowest BCUT2D eigenvalue weighted by molar-refractivity contribution is -0.126. The highest BCUT2D eigenvalue weighted by molar-refractivity contribution is 7.18. The Morgan fingerprint density at radius 1 is 1.55 bits per heavy atom. The van der Waals surface area contributed by atoms with Gasteiger partial charge in [0, 0.05) is 6.61 Å². The lowest BCUT2D eigenvalue weighted by atomic mass is 10.0. The van der Waals surface area contributed by atoms with Crippen molar-refractivity contribution in [2.45, 2.75) is 33.3 Å². The van der Waals surface area contributed by atoms with Gasteiger partial charge in [0.25, 0.3) is 5.91 Å². The SMILES string of the molecule is CCOC(=O)c1sc(NC(=O)C2OCCC2C)cc1C. The van der Waals surface area contributed by atoms with Crippen LogP contribution < -0.4 is 5.32 Å². The van der Waals surface area contributed by atoms with Gasteiger partial charge >= 0.3 is 5.97 Å². The Kier molecular flexibility index (Phi) is 4.77. The van der Waals surface area contributed by atoms with Crippen molar-refractivity contribution in [2.75, 3.05) is 18.5 Å². The highest BCUT2D eigenvalue weighted by atomic mass is 32.1. The summed E-state index contributed by atoms with van der Waals surface area (Å²) in [6.07, 6.45) is 0.499. The molecule has 0 spiro atoms. The van der Waals surface area contributed by atoms with E-state index in [-0.39, 0.29) is 17.8 Å². The monoisotopic (exact) mass is 297 g/mol. The Balaban J connectivity index is 2.05. The molecule has 0 bridgehead atoms. The van der Waals surface area contributed by atoms with E-state index in [2.05, 4.69) is 5.32 Å². The summed E-state index contributed by atoms with van der Waals surface area (Å²) in [5.74, 6) is -0.270. The number of amides is 1. The van der Waals surface area contributed by atoms with Crippen LogP contribution in [-0.4, -0.2) is 31.2 Å². The number of hydrogen-bond acceptors (Lipinski definition) is 5.